The van der Waals surface area contributed by atoms with Gasteiger partial charge in [-0.15, -0.1) is 0 Å². The van der Waals surface area contributed by atoms with Gasteiger partial charge in [0, 0.05) is 23.0 Å². The van der Waals surface area contributed by atoms with Gasteiger partial charge in [0.15, 0.2) is 5.78 Å². The van der Waals surface area contributed by atoms with Crippen molar-refractivity contribution in [1.29, 1.82) is 0 Å². The summed E-state index contributed by atoms with van der Waals surface area (Å²) in [5.41, 5.74) is 1.28. The number of ether oxygens (including phenoxy) is 1. The molecule has 0 aliphatic rings. The molecule has 140 valence electrons. The number of halogens is 1. The highest BCUT2D eigenvalue weighted by molar-refractivity contribution is 9.10. The molecule has 0 bridgehead atoms. The Balaban J connectivity index is 1.88. The summed E-state index contributed by atoms with van der Waals surface area (Å²) in [6.45, 7) is 2.44. The molecule has 7 nitrogen and oxygen atoms in total. The smallest absolute Gasteiger partial charge is 0.323 e. The molecule has 8 heteroatoms. The van der Waals surface area contributed by atoms with Crippen LogP contribution in [-0.2, 0) is 16.1 Å². The molecule has 0 aliphatic heterocycles. The van der Waals surface area contributed by atoms with E-state index in [1.54, 1.807) is 6.92 Å². The van der Waals surface area contributed by atoms with Crippen molar-refractivity contribution in [3.8, 4) is 0 Å². The summed E-state index contributed by atoms with van der Waals surface area (Å²) < 4.78 is 5.82. The van der Waals surface area contributed by atoms with Crippen molar-refractivity contribution in [1.82, 2.24) is 9.97 Å². The summed E-state index contributed by atoms with van der Waals surface area (Å²) in [6, 6.07) is 7.59. The summed E-state index contributed by atoms with van der Waals surface area (Å²) in [5, 5.41) is 3.17. The van der Waals surface area contributed by atoms with Gasteiger partial charge in [-0.1, -0.05) is 15.9 Å². The third-order valence-electron chi connectivity index (χ3n) is 3.74. The highest BCUT2D eigenvalue weighted by Gasteiger charge is 2.15. The first-order valence-corrected chi connectivity index (χ1v) is 9.28. The molecule has 0 spiro atoms. The number of ketones is 1. The first-order chi connectivity index (χ1) is 12.5. The number of Topliss-reactive ketones (excluding diaryl/α,β-unsaturated/α-hetero) is 1. The molecule has 3 N–H and O–H groups in total. The lowest BCUT2D eigenvalue weighted by molar-refractivity contribution is -0.143. The van der Waals surface area contributed by atoms with Gasteiger partial charge in [0.2, 0.25) is 0 Å². The normalized spacial score (nSPS) is 10.5. The number of hydrogen-bond acceptors (Lipinski definition) is 5. The maximum atomic E-state index is 12.4. The fourth-order valence-electron chi connectivity index (χ4n) is 2.46. The largest absolute Gasteiger partial charge is 0.466 e. The Morgan fingerprint density at radius 2 is 1.81 bits per heavy atom. The standard InChI is InChI=1S/C18H22BrN3O4/c1-2-26-16(24)6-4-3-5-15(23)17-14(21-18(25)22-17)11-20-13-9-7-12(19)8-10-13/h7-10,20H,2-6,11H2,1H3,(H2,21,22,25). The van der Waals surface area contributed by atoms with Crippen LogP contribution in [0.25, 0.3) is 0 Å². The van der Waals surface area contributed by atoms with E-state index in [-0.39, 0.29) is 23.9 Å². The molecule has 0 saturated carbocycles. The zero-order valence-corrected chi connectivity index (χ0v) is 16.1. The van der Waals surface area contributed by atoms with Crippen LogP contribution < -0.4 is 11.0 Å². The third-order valence-corrected chi connectivity index (χ3v) is 4.27. The zero-order chi connectivity index (χ0) is 18.9. The topological polar surface area (TPSA) is 104 Å². The van der Waals surface area contributed by atoms with Crippen molar-refractivity contribution < 1.29 is 14.3 Å². The monoisotopic (exact) mass is 423 g/mol. The van der Waals surface area contributed by atoms with Gasteiger partial charge < -0.3 is 20.0 Å². The lowest BCUT2D eigenvalue weighted by Crippen LogP contribution is -2.08. The number of H-pyrrole nitrogens is 2. The van der Waals surface area contributed by atoms with Crippen LogP contribution in [0.5, 0.6) is 0 Å². The number of hydrogen-bond donors (Lipinski definition) is 3. The number of aromatic amines is 2. The first kappa shape index (κ1) is 20.0. The number of unbranched alkanes of at least 4 members (excludes halogenated alkanes) is 1. The number of rotatable bonds is 10. The molecule has 0 atom stereocenters. The Bertz CT molecular complexity index is 796. The van der Waals surface area contributed by atoms with Crippen molar-refractivity contribution in [2.24, 2.45) is 0 Å². The van der Waals surface area contributed by atoms with Gasteiger partial charge >= 0.3 is 11.7 Å². The van der Waals surface area contributed by atoms with E-state index in [2.05, 4.69) is 31.2 Å². The van der Waals surface area contributed by atoms with Crippen LogP contribution in [0.4, 0.5) is 5.69 Å². The number of imidazole rings is 1. The molecule has 2 rings (SSSR count). The van der Waals surface area contributed by atoms with Gasteiger partial charge in [-0.3, -0.25) is 9.59 Å². The minimum atomic E-state index is -0.410. The van der Waals surface area contributed by atoms with E-state index in [0.29, 0.717) is 38.1 Å². The molecule has 0 saturated heterocycles. The van der Waals surface area contributed by atoms with Gasteiger partial charge in [-0.25, -0.2) is 4.79 Å². The van der Waals surface area contributed by atoms with Gasteiger partial charge in [-0.05, 0) is 44.0 Å². The van der Waals surface area contributed by atoms with Crippen molar-refractivity contribution in [3.05, 3.63) is 50.6 Å². The number of carbonyl (C=O) groups excluding carboxylic acids is 2. The molecule has 0 radical (unpaired) electrons. The highest BCUT2D eigenvalue weighted by atomic mass is 79.9. The number of aromatic nitrogens is 2. The molecule has 1 aromatic heterocycles. The van der Waals surface area contributed by atoms with Crippen LogP contribution in [0.15, 0.2) is 33.5 Å². The SMILES string of the molecule is CCOC(=O)CCCCC(=O)c1[nH]c(=O)[nH]c1CNc1ccc(Br)cc1. The maximum absolute atomic E-state index is 12.4. The Labute approximate surface area is 159 Å². The second-order valence-corrected chi connectivity index (χ2v) is 6.64. The fraction of sp³-hybridized carbons (Fsp3) is 0.389. The van der Waals surface area contributed by atoms with Crippen LogP contribution >= 0.6 is 15.9 Å². The average molecular weight is 424 g/mol. The van der Waals surface area contributed by atoms with Gasteiger partial charge in [0.1, 0.15) is 5.69 Å². The van der Waals surface area contributed by atoms with Crippen molar-refractivity contribution in [3.63, 3.8) is 0 Å². The Morgan fingerprint density at radius 1 is 1.12 bits per heavy atom. The first-order valence-electron chi connectivity index (χ1n) is 8.49. The molecule has 0 fully saturated rings. The second kappa shape index (κ2) is 9.96. The predicted octanol–water partition coefficient (Wildman–Crippen LogP) is 3.38. The molecule has 2 aromatic rings. The van der Waals surface area contributed by atoms with Crippen LogP contribution in [-0.4, -0.2) is 28.3 Å². The minimum Gasteiger partial charge on any atom is -0.466 e. The van der Waals surface area contributed by atoms with E-state index >= 15 is 0 Å². The van der Waals surface area contributed by atoms with E-state index in [9.17, 15) is 14.4 Å². The molecule has 26 heavy (non-hydrogen) atoms. The summed E-state index contributed by atoms with van der Waals surface area (Å²) in [6.07, 6.45) is 1.69. The van der Waals surface area contributed by atoms with Gasteiger partial charge in [0.25, 0.3) is 0 Å². The van der Waals surface area contributed by atoms with Gasteiger partial charge in [0.05, 0.1) is 18.8 Å². The van der Waals surface area contributed by atoms with E-state index < -0.39 is 5.69 Å². The van der Waals surface area contributed by atoms with Crippen molar-refractivity contribution in [2.45, 2.75) is 39.2 Å². The third kappa shape index (κ3) is 6.18. The zero-order valence-electron chi connectivity index (χ0n) is 14.6. The molecule has 1 aromatic carbocycles. The summed E-state index contributed by atoms with van der Waals surface area (Å²) >= 11 is 3.37. The van der Waals surface area contributed by atoms with Crippen molar-refractivity contribution >= 4 is 33.4 Å². The molecule has 0 aliphatic carbocycles. The lowest BCUT2D eigenvalue weighted by Gasteiger charge is -2.07. The summed E-state index contributed by atoms with van der Waals surface area (Å²) in [4.78, 5) is 40.5. The second-order valence-electron chi connectivity index (χ2n) is 5.73. The number of esters is 1. The van der Waals surface area contributed by atoms with E-state index in [0.717, 1.165) is 10.2 Å². The molecule has 0 amide bonds. The van der Waals surface area contributed by atoms with Crippen LogP contribution in [0.2, 0.25) is 0 Å². The van der Waals surface area contributed by atoms with E-state index in [1.165, 1.54) is 0 Å². The predicted molar refractivity (Wildman–Crippen MR) is 102 cm³/mol. The van der Waals surface area contributed by atoms with E-state index in [4.69, 9.17) is 4.74 Å². The number of nitrogens with one attached hydrogen (secondary N) is 3. The number of anilines is 1. The lowest BCUT2D eigenvalue weighted by atomic mass is 10.1. The van der Waals surface area contributed by atoms with Crippen LogP contribution in [0, 0.1) is 0 Å². The van der Waals surface area contributed by atoms with Crippen LogP contribution in [0.1, 0.15) is 48.8 Å². The fourth-order valence-corrected chi connectivity index (χ4v) is 2.73. The van der Waals surface area contributed by atoms with E-state index in [1.807, 2.05) is 24.3 Å². The average Bonchev–Trinajstić information content (AvgIpc) is 2.99. The summed E-state index contributed by atoms with van der Waals surface area (Å²) in [7, 11) is 0. The molecular formula is C18H22BrN3O4. The minimum absolute atomic E-state index is 0.153. The van der Waals surface area contributed by atoms with Gasteiger partial charge in [-0.2, -0.15) is 0 Å². The Kier molecular flexibility index (Phi) is 7.65. The molecule has 0 unspecified atom stereocenters. The maximum Gasteiger partial charge on any atom is 0.323 e. The Hall–Kier alpha value is -2.35. The molecular weight excluding hydrogens is 402 g/mol. The molecule has 1 heterocycles. The quantitative estimate of drug-likeness (QED) is 0.308. The summed E-state index contributed by atoms with van der Waals surface area (Å²) in [5.74, 6) is -0.408. The number of carbonyl (C=O) groups is 2. The highest BCUT2D eigenvalue weighted by Crippen LogP contribution is 2.16. The number of benzene rings is 1. The van der Waals surface area contributed by atoms with Crippen LogP contribution in [0.3, 0.4) is 0 Å². The Morgan fingerprint density at radius 3 is 2.50 bits per heavy atom. The van der Waals surface area contributed by atoms with Crippen molar-refractivity contribution in [2.75, 3.05) is 11.9 Å².